The van der Waals surface area contributed by atoms with Crippen LogP contribution >= 0.6 is 0 Å². The SMILES string of the molecule is COc1ccc(-c2ccc3c(c2)[C@@H]2[C@@H](CCN2C(=O)c2ccncc2)[C@@H](CO)N3C)cc1. The van der Waals surface area contributed by atoms with Crippen LogP contribution in [0.25, 0.3) is 11.1 Å². The standard InChI is InChI=1S/C26H27N3O3/c1-28-23-8-5-19(17-3-6-20(32-2)7-4-17)15-22(23)25-21(24(28)16-30)11-14-29(25)26(31)18-9-12-27-13-10-18/h3-10,12-13,15,21,24-25,30H,11,14,16H2,1-2H3/t21-,24+,25-/m0/s1. The molecule has 6 heteroatoms. The van der Waals surface area contributed by atoms with E-state index in [1.165, 1.54) is 0 Å². The number of carbonyl (C=O) groups is 1. The lowest BCUT2D eigenvalue weighted by Gasteiger charge is -2.44. The predicted molar refractivity (Wildman–Crippen MR) is 124 cm³/mol. The Morgan fingerprint density at radius 1 is 1.09 bits per heavy atom. The molecule has 2 aliphatic rings. The molecule has 2 aromatic carbocycles. The normalized spacial score (nSPS) is 21.8. The molecule has 1 fully saturated rings. The summed E-state index contributed by atoms with van der Waals surface area (Å²) in [5.74, 6) is 1.01. The summed E-state index contributed by atoms with van der Waals surface area (Å²) in [5, 5.41) is 10.2. The van der Waals surface area contributed by atoms with Crippen LogP contribution in [0.5, 0.6) is 5.75 Å². The van der Waals surface area contributed by atoms with E-state index in [2.05, 4.69) is 40.2 Å². The Labute approximate surface area is 188 Å². The molecule has 0 saturated carbocycles. The van der Waals surface area contributed by atoms with Crippen molar-refractivity contribution in [1.82, 2.24) is 9.88 Å². The molecule has 3 atom stereocenters. The Hall–Kier alpha value is -3.38. The molecule has 2 aliphatic heterocycles. The molecule has 0 bridgehead atoms. The van der Waals surface area contributed by atoms with Crippen LogP contribution in [0.2, 0.25) is 0 Å². The lowest BCUT2D eigenvalue weighted by atomic mass is 9.81. The maximum atomic E-state index is 13.4. The summed E-state index contributed by atoms with van der Waals surface area (Å²) in [5.41, 5.74) is 5.05. The topological polar surface area (TPSA) is 65.9 Å². The average molecular weight is 430 g/mol. The number of likely N-dealkylation sites (N-methyl/N-ethyl adjacent to an activating group) is 1. The third kappa shape index (κ3) is 3.31. The molecular formula is C26H27N3O3. The maximum Gasteiger partial charge on any atom is 0.254 e. The van der Waals surface area contributed by atoms with Gasteiger partial charge in [0.05, 0.1) is 25.8 Å². The zero-order valence-electron chi connectivity index (χ0n) is 18.3. The lowest BCUT2D eigenvalue weighted by molar-refractivity contribution is 0.0694. The van der Waals surface area contributed by atoms with E-state index >= 15 is 0 Å². The highest BCUT2D eigenvalue weighted by atomic mass is 16.5. The first-order valence-electron chi connectivity index (χ1n) is 11.0. The molecule has 0 radical (unpaired) electrons. The van der Waals surface area contributed by atoms with Gasteiger partial charge >= 0.3 is 0 Å². The van der Waals surface area contributed by atoms with E-state index < -0.39 is 0 Å². The van der Waals surface area contributed by atoms with Crippen LogP contribution in [0.15, 0.2) is 67.0 Å². The predicted octanol–water partition coefficient (Wildman–Crippen LogP) is 3.77. The van der Waals surface area contributed by atoms with Gasteiger partial charge < -0.3 is 19.6 Å². The van der Waals surface area contributed by atoms with E-state index in [-0.39, 0.29) is 30.5 Å². The maximum absolute atomic E-state index is 13.4. The molecule has 3 aromatic rings. The summed E-state index contributed by atoms with van der Waals surface area (Å²) in [6.45, 7) is 0.738. The zero-order valence-corrected chi connectivity index (χ0v) is 18.3. The van der Waals surface area contributed by atoms with Gasteiger partial charge in [0.15, 0.2) is 0 Å². The summed E-state index contributed by atoms with van der Waals surface area (Å²) >= 11 is 0. The first-order valence-corrected chi connectivity index (χ1v) is 11.0. The molecule has 32 heavy (non-hydrogen) atoms. The van der Waals surface area contributed by atoms with Crippen LogP contribution in [0.3, 0.4) is 0 Å². The summed E-state index contributed by atoms with van der Waals surface area (Å²) < 4.78 is 5.29. The number of hydrogen-bond acceptors (Lipinski definition) is 5. The van der Waals surface area contributed by atoms with Crippen LogP contribution in [0.4, 0.5) is 5.69 Å². The highest BCUT2D eigenvalue weighted by molar-refractivity contribution is 5.95. The largest absolute Gasteiger partial charge is 0.497 e. The van der Waals surface area contributed by atoms with Gasteiger partial charge in [0, 0.05) is 43.2 Å². The Balaban J connectivity index is 1.59. The lowest BCUT2D eigenvalue weighted by Crippen LogP contribution is -2.48. The number of amides is 1. The van der Waals surface area contributed by atoms with E-state index in [0.29, 0.717) is 12.1 Å². The van der Waals surface area contributed by atoms with Crippen molar-refractivity contribution in [3.8, 4) is 16.9 Å². The number of ether oxygens (including phenoxy) is 1. The molecule has 3 heterocycles. The first kappa shape index (κ1) is 20.5. The third-order valence-corrected chi connectivity index (χ3v) is 6.96. The van der Waals surface area contributed by atoms with Crippen molar-refractivity contribution >= 4 is 11.6 Å². The minimum absolute atomic E-state index is 0.0157. The van der Waals surface area contributed by atoms with Crippen molar-refractivity contribution < 1.29 is 14.6 Å². The molecule has 0 unspecified atom stereocenters. The molecule has 0 aliphatic carbocycles. The third-order valence-electron chi connectivity index (χ3n) is 6.96. The summed E-state index contributed by atoms with van der Waals surface area (Å²) in [7, 11) is 3.70. The van der Waals surface area contributed by atoms with Crippen LogP contribution in [0, 0.1) is 5.92 Å². The van der Waals surface area contributed by atoms with Gasteiger partial charge in [-0.1, -0.05) is 18.2 Å². The number of carbonyl (C=O) groups excluding carboxylic acids is 1. The highest BCUT2D eigenvalue weighted by Crippen LogP contribution is 2.49. The number of aliphatic hydroxyl groups excluding tert-OH is 1. The van der Waals surface area contributed by atoms with Crippen LogP contribution in [-0.2, 0) is 0 Å². The van der Waals surface area contributed by atoms with Crippen molar-refractivity contribution in [2.24, 2.45) is 5.92 Å². The van der Waals surface area contributed by atoms with E-state index in [4.69, 9.17) is 4.74 Å². The van der Waals surface area contributed by atoms with Crippen molar-refractivity contribution in [1.29, 1.82) is 0 Å². The number of rotatable bonds is 4. The quantitative estimate of drug-likeness (QED) is 0.684. The first-order chi connectivity index (χ1) is 15.6. The number of pyridine rings is 1. The van der Waals surface area contributed by atoms with Crippen LogP contribution in [-0.4, -0.2) is 54.2 Å². The fourth-order valence-electron chi connectivity index (χ4n) is 5.31. The minimum Gasteiger partial charge on any atom is -0.497 e. The van der Waals surface area contributed by atoms with Gasteiger partial charge in [-0.05, 0) is 59.5 Å². The molecule has 1 amide bonds. The summed E-state index contributed by atoms with van der Waals surface area (Å²) in [4.78, 5) is 21.6. The summed E-state index contributed by atoms with van der Waals surface area (Å²) in [6.07, 6.45) is 4.17. The molecule has 164 valence electrons. The number of likely N-dealkylation sites (tertiary alicyclic amines) is 1. The van der Waals surface area contributed by atoms with Gasteiger partial charge in [-0.3, -0.25) is 9.78 Å². The average Bonchev–Trinajstić information content (AvgIpc) is 3.29. The summed E-state index contributed by atoms with van der Waals surface area (Å²) in [6, 6.07) is 17.9. The number of aromatic nitrogens is 1. The number of benzene rings is 2. The Bertz CT molecular complexity index is 1120. The Kier molecular flexibility index (Phi) is 5.31. The van der Waals surface area contributed by atoms with Gasteiger partial charge in [0.25, 0.3) is 5.91 Å². The van der Waals surface area contributed by atoms with Gasteiger partial charge in [-0.15, -0.1) is 0 Å². The highest BCUT2D eigenvalue weighted by Gasteiger charge is 2.47. The second kappa shape index (κ2) is 8.28. The van der Waals surface area contributed by atoms with Gasteiger partial charge in [0.1, 0.15) is 5.75 Å². The fourth-order valence-corrected chi connectivity index (χ4v) is 5.31. The molecule has 5 rings (SSSR count). The van der Waals surface area contributed by atoms with E-state index in [0.717, 1.165) is 34.5 Å². The van der Waals surface area contributed by atoms with E-state index in [9.17, 15) is 9.90 Å². The number of methoxy groups -OCH3 is 1. The van der Waals surface area contributed by atoms with Crippen molar-refractivity contribution in [3.05, 3.63) is 78.1 Å². The molecule has 1 N–H and O–H groups in total. The minimum atomic E-state index is -0.0720. The smallest absolute Gasteiger partial charge is 0.254 e. The Morgan fingerprint density at radius 2 is 1.81 bits per heavy atom. The molecule has 1 saturated heterocycles. The van der Waals surface area contributed by atoms with Gasteiger partial charge in [-0.25, -0.2) is 0 Å². The molecule has 6 nitrogen and oxygen atoms in total. The second-order valence-electron chi connectivity index (χ2n) is 8.49. The number of fused-ring (bicyclic) bond motifs is 3. The number of nitrogens with zero attached hydrogens (tertiary/aromatic N) is 3. The van der Waals surface area contributed by atoms with Crippen molar-refractivity contribution in [3.63, 3.8) is 0 Å². The number of hydrogen-bond donors (Lipinski definition) is 1. The zero-order chi connectivity index (χ0) is 22.2. The van der Waals surface area contributed by atoms with Gasteiger partial charge in [0.2, 0.25) is 0 Å². The van der Waals surface area contributed by atoms with Crippen molar-refractivity contribution in [2.45, 2.75) is 18.5 Å². The van der Waals surface area contributed by atoms with Crippen molar-refractivity contribution in [2.75, 3.05) is 32.2 Å². The van der Waals surface area contributed by atoms with Gasteiger partial charge in [-0.2, -0.15) is 0 Å². The van der Waals surface area contributed by atoms with Crippen LogP contribution < -0.4 is 9.64 Å². The Morgan fingerprint density at radius 3 is 2.50 bits per heavy atom. The molecule has 0 spiro atoms. The molecular weight excluding hydrogens is 402 g/mol. The number of aliphatic hydroxyl groups is 1. The molecule has 1 aromatic heterocycles. The van der Waals surface area contributed by atoms with E-state index in [1.807, 2.05) is 24.1 Å². The second-order valence-corrected chi connectivity index (χ2v) is 8.49. The monoisotopic (exact) mass is 429 g/mol. The number of anilines is 1. The fraction of sp³-hybridized carbons (Fsp3) is 0.308. The van der Waals surface area contributed by atoms with Crippen LogP contribution in [0.1, 0.15) is 28.4 Å². The van der Waals surface area contributed by atoms with E-state index in [1.54, 1.807) is 31.6 Å².